The molecule has 2 aromatic carbocycles. The fourth-order valence-corrected chi connectivity index (χ4v) is 3.34. The molecular formula is C21H20N4O3S. The molecule has 29 heavy (non-hydrogen) atoms. The van der Waals surface area contributed by atoms with Crippen LogP contribution >= 0.6 is 11.3 Å². The van der Waals surface area contributed by atoms with E-state index in [2.05, 4.69) is 21.3 Å². The number of nitrogens with one attached hydrogen (secondary N) is 4. The lowest BCUT2D eigenvalue weighted by atomic mass is 10.1. The first-order chi connectivity index (χ1) is 13.9. The second-order valence-corrected chi connectivity index (χ2v) is 7.36. The Bertz CT molecular complexity index is 1050. The van der Waals surface area contributed by atoms with Crippen molar-refractivity contribution in [1.29, 1.82) is 0 Å². The first-order valence-corrected chi connectivity index (χ1v) is 9.65. The molecule has 1 aromatic heterocycles. The number of thiophene rings is 1. The molecule has 4 N–H and O–H groups in total. The zero-order valence-electron chi connectivity index (χ0n) is 15.9. The topological polar surface area (TPSA) is 99.3 Å². The van der Waals surface area contributed by atoms with E-state index in [-0.39, 0.29) is 17.8 Å². The van der Waals surface area contributed by atoms with Gasteiger partial charge in [0.2, 0.25) is 5.91 Å². The predicted molar refractivity (Wildman–Crippen MR) is 117 cm³/mol. The van der Waals surface area contributed by atoms with Gasteiger partial charge in [-0.2, -0.15) is 0 Å². The Hall–Kier alpha value is -3.65. The summed E-state index contributed by atoms with van der Waals surface area (Å²) in [4.78, 5) is 36.3. The number of carbonyl (C=O) groups excluding carboxylic acids is 3. The third kappa shape index (κ3) is 5.66. The largest absolute Gasteiger partial charge is 0.326 e. The van der Waals surface area contributed by atoms with Crippen LogP contribution in [-0.2, 0) is 4.79 Å². The second kappa shape index (κ2) is 9.03. The van der Waals surface area contributed by atoms with E-state index in [1.54, 1.807) is 36.4 Å². The minimum Gasteiger partial charge on any atom is -0.326 e. The van der Waals surface area contributed by atoms with Crippen molar-refractivity contribution in [3.8, 4) is 0 Å². The molecule has 0 saturated carbocycles. The maximum atomic E-state index is 12.5. The summed E-state index contributed by atoms with van der Waals surface area (Å²) in [5.74, 6) is -0.483. The van der Waals surface area contributed by atoms with Crippen LogP contribution in [0.4, 0.5) is 26.9 Å². The average Bonchev–Trinajstić information content (AvgIpc) is 3.13. The number of carbonyl (C=O) groups is 3. The highest BCUT2D eigenvalue weighted by molar-refractivity contribution is 7.18. The first-order valence-electron chi connectivity index (χ1n) is 8.83. The summed E-state index contributed by atoms with van der Waals surface area (Å²) >= 11 is 1.16. The van der Waals surface area contributed by atoms with Gasteiger partial charge in [0.1, 0.15) is 0 Å². The fourth-order valence-electron chi connectivity index (χ4n) is 2.54. The Kier molecular flexibility index (Phi) is 6.25. The molecule has 0 aliphatic carbocycles. The molecule has 3 aromatic rings. The molecule has 1 heterocycles. The van der Waals surface area contributed by atoms with E-state index < -0.39 is 0 Å². The van der Waals surface area contributed by atoms with E-state index in [0.29, 0.717) is 26.9 Å². The minimum absolute atomic E-state index is 0.181. The number of para-hydroxylation sites is 1. The second-order valence-electron chi connectivity index (χ2n) is 6.27. The number of urea groups is 1. The van der Waals surface area contributed by atoms with Gasteiger partial charge in [0.05, 0.1) is 9.88 Å². The van der Waals surface area contributed by atoms with Crippen molar-refractivity contribution in [1.82, 2.24) is 0 Å². The Morgan fingerprint density at radius 3 is 2.28 bits per heavy atom. The highest BCUT2D eigenvalue weighted by atomic mass is 32.1. The lowest BCUT2D eigenvalue weighted by molar-refractivity contribution is -0.114. The van der Waals surface area contributed by atoms with Gasteiger partial charge in [-0.15, -0.1) is 11.3 Å². The first kappa shape index (κ1) is 20.1. The van der Waals surface area contributed by atoms with Crippen LogP contribution in [0.5, 0.6) is 0 Å². The maximum absolute atomic E-state index is 12.5. The van der Waals surface area contributed by atoms with Gasteiger partial charge in [0, 0.05) is 24.0 Å². The number of amides is 4. The lowest BCUT2D eigenvalue weighted by Gasteiger charge is -2.10. The number of hydrogen-bond donors (Lipinski definition) is 4. The van der Waals surface area contributed by atoms with Crippen LogP contribution in [0, 0.1) is 6.92 Å². The Labute approximate surface area is 172 Å². The molecular weight excluding hydrogens is 388 g/mol. The average molecular weight is 408 g/mol. The molecule has 0 fully saturated rings. The molecule has 0 atom stereocenters. The van der Waals surface area contributed by atoms with Crippen LogP contribution in [0.3, 0.4) is 0 Å². The molecule has 0 unspecified atom stereocenters. The molecule has 0 spiro atoms. The van der Waals surface area contributed by atoms with Gasteiger partial charge < -0.3 is 16.0 Å². The summed E-state index contributed by atoms with van der Waals surface area (Å²) in [7, 11) is 0. The van der Waals surface area contributed by atoms with Gasteiger partial charge in [-0.05, 0) is 48.9 Å². The van der Waals surface area contributed by atoms with Crippen LogP contribution in [-0.4, -0.2) is 17.8 Å². The summed E-state index contributed by atoms with van der Waals surface area (Å²) in [5.41, 5.74) is 2.77. The quantitative estimate of drug-likeness (QED) is 0.483. The van der Waals surface area contributed by atoms with Crippen LogP contribution in [0.2, 0.25) is 0 Å². The van der Waals surface area contributed by atoms with E-state index in [0.717, 1.165) is 16.9 Å². The summed E-state index contributed by atoms with van der Waals surface area (Å²) < 4.78 is 0. The van der Waals surface area contributed by atoms with Crippen molar-refractivity contribution in [2.24, 2.45) is 0 Å². The predicted octanol–water partition coefficient (Wildman–Crippen LogP) is 4.91. The minimum atomic E-state index is -0.386. The lowest BCUT2D eigenvalue weighted by Crippen LogP contribution is -2.18. The maximum Gasteiger partial charge on any atom is 0.324 e. The Balaban J connectivity index is 1.62. The molecule has 3 rings (SSSR count). The standard InChI is InChI=1S/C21H20N4O3S/c1-13-8-9-16(12-17(13)22-14(2)26)23-20(27)18-10-11-19(29-18)25-21(28)24-15-6-4-3-5-7-15/h3-12H,1-2H3,(H,22,26)(H,23,27)(H2,24,25,28). The van der Waals surface area contributed by atoms with Crippen molar-refractivity contribution in [3.63, 3.8) is 0 Å². The van der Waals surface area contributed by atoms with Gasteiger partial charge in [-0.3, -0.25) is 14.9 Å². The number of aryl methyl sites for hydroxylation is 1. The SMILES string of the molecule is CC(=O)Nc1cc(NC(=O)c2ccc(NC(=O)Nc3ccccc3)s2)ccc1C. The smallest absolute Gasteiger partial charge is 0.324 e. The normalized spacial score (nSPS) is 10.1. The number of anilines is 4. The molecule has 0 radical (unpaired) electrons. The van der Waals surface area contributed by atoms with E-state index in [1.165, 1.54) is 6.92 Å². The number of benzene rings is 2. The van der Waals surface area contributed by atoms with Crippen LogP contribution in [0.15, 0.2) is 60.7 Å². The van der Waals surface area contributed by atoms with Crippen molar-refractivity contribution in [2.75, 3.05) is 21.3 Å². The van der Waals surface area contributed by atoms with E-state index in [9.17, 15) is 14.4 Å². The molecule has 148 valence electrons. The van der Waals surface area contributed by atoms with Crippen molar-refractivity contribution in [2.45, 2.75) is 13.8 Å². The summed E-state index contributed by atoms with van der Waals surface area (Å²) in [5, 5.41) is 11.5. The third-order valence-electron chi connectivity index (χ3n) is 3.90. The van der Waals surface area contributed by atoms with Crippen LogP contribution in [0.25, 0.3) is 0 Å². The molecule has 7 nitrogen and oxygen atoms in total. The molecule has 4 amide bonds. The van der Waals surface area contributed by atoms with E-state index in [1.807, 2.05) is 31.2 Å². The van der Waals surface area contributed by atoms with Gasteiger partial charge >= 0.3 is 6.03 Å². The van der Waals surface area contributed by atoms with E-state index >= 15 is 0 Å². The van der Waals surface area contributed by atoms with E-state index in [4.69, 9.17) is 0 Å². The Morgan fingerprint density at radius 2 is 1.55 bits per heavy atom. The molecule has 0 aliphatic rings. The highest BCUT2D eigenvalue weighted by Gasteiger charge is 2.12. The number of rotatable bonds is 5. The van der Waals surface area contributed by atoms with Crippen molar-refractivity contribution < 1.29 is 14.4 Å². The van der Waals surface area contributed by atoms with Gasteiger partial charge in [-0.1, -0.05) is 24.3 Å². The van der Waals surface area contributed by atoms with Crippen LogP contribution < -0.4 is 21.3 Å². The highest BCUT2D eigenvalue weighted by Crippen LogP contribution is 2.25. The molecule has 0 saturated heterocycles. The van der Waals surface area contributed by atoms with Gasteiger partial charge in [0.25, 0.3) is 5.91 Å². The fraction of sp³-hybridized carbons (Fsp3) is 0.0952. The Morgan fingerprint density at radius 1 is 0.793 bits per heavy atom. The summed E-state index contributed by atoms with van der Waals surface area (Å²) in [6.45, 7) is 3.30. The van der Waals surface area contributed by atoms with Crippen molar-refractivity contribution in [3.05, 3.63) is 71.1 Å². The number of hydrogen-bond acceptors (Lipinski definition) is 4. The summed E-state index contributed by atoms with van der Waals surface area (Å²) in [6.07, 6.45) is 0. The zero-order valence-corrected chi connectivity index (χ0v) is 16.7. The van der Waals surface area contributed by atoms with Crippen molar-refractivity contribution >= 4 is 51.2 Å². The monoisotopic (exact) mass is 408 g/mol. The van der Waals surface area contributed by atoms with Gasteiger partial charge in [0.15, 0.2) is 0 Å². The van der Waals surface area contributed by atoms with Crippen LogP contribution in [0.1, 0.15) is 22.2 Å². The summed E-state index contributed by atoms with van der Waals surface area (Å²) in [6, 6.07) is 17.3. The third-order valence-corrected chi connectivity index (χ3v) is 4.90. The zero-order chi connectivity index (χ0) is 20.8. The molecule has 8 heteroatoms. The molecule has 0 bridgehead atoms. The van der Waals surface area contributed by atoms with Gasteiger partial charge in [-0.25, -0.2) is 4.79 Å². The molecule has 0 aliphatic heterocycles.